The molecule has 0 saturated heterocycles. The number of carbonyl (C=O) groups is 4. The number of rotatable bonds is 6. The van der Waals surface area contributed by atoms with Gasteiger partial charge in [0, 0.05) is 5.56 Å². The average molecular weight is 269 g/mol. The van der Waals surface area contributed by atoms with Gasteiger partial charge < -0.3 is 5.11 Å². The fraction of sp³-hybridized carbons (Fsp3) is 0.167. The average Bonchev–Trinajstić information content (AvgIpc) is 2.28. The monoisotopic (exact) mass is 268 g/mol. The Balaban J connectivity index is 2.66. The lowest BCUT2D eigenvalue weighted by Crippen LogP contribution is -2.19. The zero-order valence-corrected chi connectivity index (χ0v) is 9.94. The maximum atomic E-state index is 11.7. The summed E-state index contributed by atoms with van der Waals surface area (Å²) in [6.07, 6.45) is -1.33. The summed E-state index contributed by atoms with van der Waals surface area (Å²) < 4.78 is 0. The Morgan fingerprint density at radius 1 is 1.06 bits per heavy atom. The van der Waals surface area contributed by atoms with Gasteiger partial charge >= 0.3 is 5.97 Å². The quantitative estimate of drug-likeness (QED) is 0.480. The van der Waals surface area contributed by atoms with Crippen LogP contribution in [0.3, 0.4) is 0 Å². The zero-order valence-electron chi connectivity index (χ0n) is 9.18. The molecule has 0 amide bonds. The third-order valence-electron chi connectivity index (χ3n) is 2.13. The van der Waals surface area contributed by atoms with Gasteiger partial charge in [0.15, 0.2) is 5.78 Å². The molecule has 0 spiro atoms. The molecule has 1 N–H and O–H groups in total. The number of hydrogen-bond acceptors (Lipinski definition) is 4. The molecule has 0 bridgehead atoms. The summed E-state index contributed by atoms with van der Waals surface area (Å²) in [5.74, 6) is -4.20. The van der Waals surface area contributed by atoms with Crippen LogP contribution in [0.5, 0.6) is 0 Å². The summed E-state index contributed by atoms with van der Waals surface area (Å²) in [5.41, 5.74) is 0.176. The number of halogens is 1. The Hall–Kier alpha value is -2.01. The number of Topliss-reactive ketones (excluding diaryl/α,β-unsaturated/α-hetero) is 3. The highest BCUT2D eigenvalue weighted by atomic mass is 35.5. The first kappa shape index (κ1) is 14.1. The first-order valence-corrected chi connectivity index (χ1v) is 5.35. The second kappa shape index (κ2) is 6.07. The molecule has 0 fully saturated rings. The van der Waals surface area contributed by atoms with Gasteiger partial charge in [-0.15, -0.1) is 0 Å². The molecule has 0 aliphatic rings. The van der Waals surface area contributed by atoms with Gasteiger partial charge in [0.1, 0.15) is 5.78 Å². The van der Waals surface area contributed by atoms with Crippen LogP contribution in [0.25, 0.3) is 0 Å². The molecule has 0 aliphatic heterocycles. The maximum absolute atomic E-state index is 11.7. The fourth-order valence-corrected chi connectivity index (χ4v) is 1.52. The molecule has 0 saturated carbocycles. The number of hydrogen-bond donors (Lipinski definition) is 1. The minimum atomic E-state index is -1.69. The Morgan fingerprint density at radius 2 is 1.67 bits per heavy atom. The van der Waals surface area contributed by atoms with Crippen LogP contribution < -0.4 is 0 Å². The molecule has 0 aromatic heterocycles. The van der Waals surface area contributed by atoms with Crippen LogP contribution >= 0.6 is 11.6 Å². The van der Waals surface area contributed by atoms with E-state index in [4.69, 9.17) is 16.7 Å². The topological polar surface area (TPSA) is 88.5 Å². The van der Waals surface area contributed by atoms with Crippen molar-refractivity contribution < 1.29 is 24.3 Å². The summed E-state index contributed by atoms with van der Waals surface area (Å²) >= 11 is 5.77. The molecule has 5 nitrogen and oxygen atoms in total. The number of ketones is 3. The standard InChI is InChI=1S/C12H9ClO5/c13-9-4-2-1-3-8(9)10(15)5-7(14)6-11(16)12(17)18/h1-4H,5-6H2,(H,17,18). The maximum Gasteiger partial charge on any atom is 0.372 e. The van der Waals surface area contributed by atoms with E-state index in [2.05, 4.69) is 0 Å². The van der Waals surface area contributed by atoms with Crippen LogP contribution in [0, 0.1) is 0 Å². The van der Waals surface area contributed by atoms with Gasteiger partial charge in [-0.1, -0.05) is 23.7 Å². The van der Waals surface area contributed by atoms with E-state index >= 15 is 0 Å². The molecule has 6 heteroatoms. The van der Waals surface area contributed by atoms with E-state index in [1.54, 1.807) is 12.1 Å². The Bertz CT molecular complexity index is 521. The van der Waals surface area contributed by atoms with Crippen molar-refractivity contribution in [2.45, 2.75) is 12.8 Å². The van der Waals surface area contributed by atoms with Crippen LogP contribution in [0.1, 0.15) is 23.2 Å². The summed E-state index contributed by atoms with van der Waals surface area (Å²) in [7, 11) is 0. The minimum Gasteiger partial charge on any atom is -0.475 e. The lowest BCUT2D eigenvalue weighted by molar-refractivity contribution is -0.150. The van der Waals surface area contributed by atoms with E-state index in [0.717, 1.165) is 0 Å². The number of carbonyl (C=O) groups excluding carboxylic acids is 3. The van der Waals surface area contributed by atoms with Gasteiger partial charge in [0.05, 0.1) is 17.9 Å². The Kier molecular flexibility index (Phi) is 4.74. The van der Waals surface area contributed by atoms with E-state index < -0.39 is 36.2 Å². The van der Waals surface area contributed by atoms with Crippen molar-refractivity contribution in [1.29, 1.82) is 0 Å². The van der Waals surface area contributed by atoms with Crippen molar-refractivity contribution in [1.82, 2.24) is 0 Å². The van der Waals surface area contributed by atoms with E-state index in [1.165, 1.54) is 12.1 Å². The highest BCUT2D eigenvalue weighted by Crippen LogP contribution is 2.17. The summed E-state index contributed by atoms with van der Waals surface area (Å²) in [4.78, 5) is 44.0. The van der Waals surface area contributed by atoms with E-state index in [9.17, 15) is 19.2 Å². The molecule has 0 unspecified atom stereocenters. The van der Waals surface area contributed by atoms with E-state index in [-0.39, 0.29) is 10.6 Å². The number of carboxylic acids is 1. The molecule has 1 aromatic carbocycles. The minimum absolute atomic E-state index is 0.176. The van der Waals surface area contributed by atoms with Crippen molar-refractivity contribution >= 4 is 34.9 Å². The summed E-state index contributed by atoms with van der Waals surface area (Å²) in [6.45, 7) is 0. The van der Waals surface area contributed by atoms with Crippen LogP contribution in [0.2, 0.25) is 5.02 Å². The first-order valence-electron chi connectivity index (χ1n) is 4.97. The molecule has 1 aromatic rings. The molecular formula is C12H9ClO5. The van der Waals surface area contributed by atoms with Crippen molar-refractivity contribution in [3.63, 3.8) is 0 Å². The molecule has 0 atom stereocenters. The lowest BCUT2D eigenvalue weighted by atomic mass is 10.0. The SMILES string of the molecule is O=C(CC(=O)C(=O)O)CC(=O)c1ccccc1Cl. The fourth-order valence-electron chi connectivity index (χ4n) is 1.28. The Labute approximate surface area is 107 Å². The molecule has 0 radical (unpaired) electrons. The molecule has 0 aliphatic carbocycles. The highest BCUT2D eigenvalue weighted by molar-refractivity contribution is 6.37. The molecule has 1 rings (SSSR count). The first-order chi connectivity index (χ1) is 8.41. The van der Waals surface area contributed by atoms with E-state index in [1.807, 2.05) is 0 Å². The summed E-state index contributed by atoms with van der Waals surface area (Å²) in [6, 6.07) is 6.18. The predicted molar refractivity (Wildman–Crippen MR) is 62.7 cm³/mol. The van der Waals surface area contributed by atoms with Gasteiger partial charge in [-0.2, -0.15) is 0 Å². The third-order valence-corrected chi connectivity index (χ3v) is 2.46. The van der Waals surface area contributed by atoms with Crippen LogP contribution in [0.15, 0.2) is 24.3 Å². The number of carboxylic acid groups (broad SMARTS) is 1. The lowest BCUT2D eigenvalue weighted by Gasteiger charge is -2.01. The van der Waals surface area contributed by atoms with E-state index in [0.29, 0.717) is 0 Å². The van der Waals surface area contributed by atoms with Crippen LogP contribution in [0.4, 0.5) is 0 Å². The predicted octanol–water partition coefficient (Wildman–Crippen LogP) is 1.53. The van der Waals surface area contributed by atoms with Gasteiger partial charge in [-0.05, 0) is 12.1 Å². The molecular weight excluding hydrogens is 260 g/mol. The largest absolute Gasteiger partial charge is 0.475 e. The molecule has 0 heterocycles. The molecule has 94 valence electrons. The van der Waals surface area contributed by atoms with Crippen molar-refractivity contribution in [2.24, 2.45) is 0 Å². The zero-order chi connectivity index (χ0) is 13.7. The number of benzene rings is 1. The molecule has 18 heavy (non-hydrogen) atoms. The van der Waals surface area contributed by atoms with Gasteiger partial charge in [0.25, 0.3) is 0 Å². The third kappa shape index (κ3) is 3.78. The normalized spacial score (nSPS) is 9.83. The second-order valence-corrected chi connectivity index (χ2v) is 3.93. The van der Waals surface area contributed by atoms with Gasteiger partial charge in [0.2, 0.25) is 5.78 Å². The van der Waals surface area contributed by atoms with Crippen LogP contribution in [-0.2, 0) is 14.4 Å². The van der Waals surface area contributed by atoms with Crippen molar-refractivity contribution in [3.05, 3.63) is 34.9 Å². The highest BCUT2D eigenvalue weighted by Gasteiger charge is 2.20. The Morgan fingerprint density at radius 3 is 2.22 bits per heavy atom. The van der Waals surface area contributed by atoms with Gasteiger partial charge in [-0.3, -0.25) is 14.4 Å². The summed E-state index contributed by atoms with van der Waals surface area (Å²) in [5, 5.41) is 8.53. The number of aliphatic carboxylic acids is 1. The second-order valence-electron chi connectivity index (χ2n) is 3.52. The van der Waals surface area contributed by atoms with Crippen molar-refractivity contribution in [2.75, 3.05) is 0 Å². The van der Waals surface area contributed by atoms with Gasteiger partial charge in [-0.25, -0.2) is 4.79 Å². The van der Waals surface area contributed by atoms with Crippen molar-refractivity contribution in [3.8, 4) is 0 Å². The van der Waals surface area contributed by atoms with Crippen LogP contribution in [-0.4, -0.2) is 28.4 Å². The smallest absolute Gasteiger partial charge is 0.372 e.